The molecule has 0 fully saturated rings. The summed E-state index contributed by atoms with van der Waals surface area (Å²) in [5, 5.41) is 2.80. The van der Waals surface area contributed by atoms with Gasteiger partial charge in [-0.1, -0.05) is 42.5 Å². The standard InChI is InChI=1S/C20H27NO5/c1-14(22)25-17-12-8-11-16(24-13-15-9-6-5-7-10-15)18(17)21-19(23)26-20(2,3)4/h5-11,16-18H,12-13H2,1-4H3,(H,21,23)/t16-,17+,18+/m0/s1. The zero-order valence-electron chi connectivity index (χ0n) is 15.7. The van der Waals surface area contributed by atoms with E-state index in [-0.39, 0.29) is 0 Å². The predicted octanol–water partition coefficient (Wildman–Crippen LogP) is 3.36. The fraction of sp³-hybridized carbons (Fsp3) is 0.500. The average Bonchev–Trinajstić information content (AvgIpc) is 2.54. The lowest BCUT2D eigenvalue weighted by molar-refractivity contribution is -0.150. The van der Waals surface area contributed by atoms with Crippen LogP contribution in [0.1, 0.15) is 39.7 Å². The Kier molecular flexibility index (Phi) is 6.80. The molecule has 0 spiro atoms. The van der Waals surface area contributed by atoms with Crippen molar-refractivity contribution in [3.63, 3.8) is 0 Å². The van der Waals surface area contributed by atoms with Crippen LogP contribution in [-0.4, -0.2) is 35.9 Å². The van der Waals surface area contributed by atoms with Crippen LogP contribution >= 0.6 is 0 Å². The molecule has 1 amide bonds. The fourth-order valence-corrected chi connectivity index (χ4v) is 2.70. The molecule has 6 heteroatoms. The number of carbonyl (C=O) groups excluding carboxylic acids is 2. The quantitative estimate of drug-likeness (QED) is 0.643. The van der Waals surface area contributed by atoms with Gasteiger partial charge >= 0.3 is 12.1 Å². The summed E-state index contributed by atoms with van der Waals surface area (Å²) in [7, 11) is 0. The lowest BCUT2D eigenvalue weighted by Gasteiger charge is -2.35. The monoisotopic (exact) mass is 361 g/mol. The van der Waals surface area contributed by atoms with Crippen LogP contribution in [0, 0.1) is 0 Å². The molecular formula is C20H27NO5. The maximum atomic E-state index is 12.2. The maximum absolute atomic E-state index is 12.2. The number of rotatable bonds is 5. The topological polar surface area (TPSA) is 73.9 Å². The molecule has 0 unspecified atom stereocenters. The van der Waals surface area contributed by atoms with Crippen molar-refractivity contribution in [3.05, 3.63) is 48.0 Å². The van der Waals surface area contributed by atoms with Crippen LogP contribution in [-0.2, 0) is 25.6 Å². The van der Waals surface area contributed by atoms with Crippen molar-refractivity contribution in [2.45, 2.75) is 64.6 Å². The van der Waals surface area contributed by atoms with Crippen molar-refractivity contribution in [1.82, 2.24) is 5.32 Å². The number of carbonyl (C=O) groups is 2. The molecule has 0 aliphatic heterocycles. The molecule has 6 nitrogen and oxygen atoms in total. The zero-order valence-corrected chi connectivity index (χ0v) is 15.7. The predicted molar refractivity (Wildman–Crippen MR) is 97.5 cm³/mol. The van der Waals surface area contributed by atoms with Crippen LogP contribution in [0.25, 0.3) is 0 Å². The van der Waals surface area contributed by atoms with Gasteiger partial charge < -0.3 is 19.5 Å². The molecule has 0 bridgehead atoms. The van der Waals surface area contributed by atoms with Crippen molar-refractivity contribution in [1.29, 1.82) is 0 Å². The molecule has 26 heavy (non-hydrogen) atoms. The lowest BCUT2D eigenvalue weighted by atomic mass is 9.95. The number of hydrogen-bond donors (Lipinski definition) is 1. The fourth-order valence-electron chi connectivity index (χ4n) is 2.70. The molecule has 1 aromatic carbocycles. The van der Waals surface area contributed by atoms with E-state index in [1.54, 1.807) is 20.8 Å². The second-order valence-electron chi connectivity index (χ2n) is 7.24. The lowest BCUT2D eigenvalue weighted by Crippen LogP contribution is -2.54. The number of esters is 1. The van der Waals surface area contributed by atoms with Gasteiger partial charge in [-0.3, -0.25) is 4.79 Å². The van der Waals surface area contributed by atoms with E-state index in [2.05, 4.69) is 5.32 Å². The minimum Gasteiger partial charge on any atom is -0.460 e. The van der Waals surface area contributed by atoms with Crippen molar-refractivity contribution in [3.8, 4) is 0 Å². The minimum absolute atomic E-state index is 0.384. The van der Waals surface area contributed by atoms with Crippen LogP contribution in [0.15, 0.2) is 42.5 Å². The third-order valence-corrected chi connectivity index (χ3v) is 3.73. The van der Waals surface area contributed by atoms with Crippen LogP contribution in [0.2, 0.25) is 0 Å². The van der Waals surface area contributed by atoms with Crippen molar-refractivity contribution in [2.75, 3.05) is 0 Å². The van der Waals surface area contributed by atoms with Gasteiger partial charge in [0.15, 0.2) is 0 Å². The van der Waals surface area contributed by atoms with E-state index in [9.17, 15) is 9.59 Å². The summed E-state index contributed by atoms with van der Waals surface area (Å²) in [4.78, 5) is 23.7. The molecule has 0 aromatic heterocycles. The number of nitrogens with one attached hydrogen (secondary N) is 1. The highest BCUT2D eigenvalue weighted by Crippen LogP contribution is 2.21. The summed E-state index contributed by atoms with van der Waals surface area (Å²) in [6, 6.07) is 9.22. The van der Waals surface area contributed by atoms with Gasteiger partial charge in [0, 0.05) is 13.3 Å². The highest BCUT2D eigenvalue weighted by Gasteiger charge is 2.35. The third-order valence-electron chi connectivity index (χ3n) is 3.73. The zero-order chi connectivity index (χ0) is 19.2. The Morgan fingerprint density at radius 3 is 2.50 bits per heavy atom. The normalized spacial score (nSPS) is 22.5. The van der Waals surface area contributed by atoms with E-state index in [1.165, 1.54) is 6.92 Å². The number of hydrogen-bond acceptors (Lipinski definition) is 5. The molecule has 0 radical (unpaired) electrons. The first-order valence-corrected chi connectivity index (χ1v) is 8.73. The van der Waals surface area contributed by atoms with E-state index < -0.39 is 35.9 Å². The van der Waals surface area contributed by atoms with Gasteiger partial charge in [-0.2, -0.15) is 0 Å². The Balaban J connectivity index is 2.08. The summed E-state index contributed by atoms with van der Waals surface area (Å²) in [5.41, 5.74) is 0.401. The number of alkyl carbamates (subject to hydrolysis) is 1. The van der Waals surface area contributed by atoms with Crippen LogP contribution < -0.4 is 5.32 Å². The van der Waals surface area contributed by atoms with Gasteiger partial charge in [0.25, 0.3) is 0 Å². The molecule has 0 saturated heterocycles. The van der Waals surface area contributed by atoms with Gasteiger partial charge in [-0.25, -0.2) is 4.79 Å². The molecule has 2 rings (SSSR count). The molecule has 1 aliphatic carbocycles. The third kappa shape index (κ3) is 6.52. The Morgan fingerprint density at radius 2 is 1.88 bits per heavy atom. The van der Waals surface area contributed by atoms with E-state index in [4.69, 9.17) is 14.2 Å². The second-order valence-corrected chi connectivity index (χ2v) is 7.24. The highest BCUT2D eigenvalue weighted by molar-refractivity contribution is 5.69. The number of benzene rings is 1. The molecule has 0 heterocycles. The van der Waals surface area contributed by atoms with E-state index >= 15 is 0 Å². The summed E-state index contributed by atoms with van der Waals surface area (Å²) in [6.07, 6.45) is 2.78. The number of ether oxygens (including phenoxy) is 3. The van der Waals surface area contributed by atoms with Crippen LogP contribution in [0.3, 0.4) is 0 Å². The number of amides is 1. The van der Waals surface area contributed by atoms with Gasteiger partial charge in [-0.05, 0) is 26.3 Å². The summed E-state index contributed by atoms with van der Waals surface area (Å²) < 4.78 is 16.7. The SMILES string of the molecule is CC(=O)O[C@@H]1CC=C[C@H](OCc2ccccc2)[C@H]1NC(=O)OC(C)(C)C. The molecule has 1 N–H and O–H groups in total. The Labute approximate surface area is 154 Å². The van der Waals surface area contributed by atoms with E-state index in [1.807, 2.05) is 42.5 Å². The Bertz CT molecular complexity index is 635. The molecular weight excluding hydrogens is 334 g/mol. The average molecular weight is 361 g/mol. The van der Waals surface area contributed by atoms with Gasteiger partial charge in [0.05, 0.1) is 18.8 Å². The van der Waals surface area contributed by atoms with Gasteiger partial charge in [0.1, 0.15) is 11.7 Å². The van der Waals surface area contributed by atoms with Crippen LogP contribution in [0.4, 0.5) is 4.79 Å². The minimum atomic E-state index is -0.619. The van der Waals surface area contributed by atoms with E-state index in [0.29, 0.717) is 13.0 Å². The first-order chi connectivity index (χ1) is 12.2. The molecule has 0 saturated carbocycles. The van der Waals surface area contributed by atoms with Gasteiger partial charge in [-0.15, -0.1) is 0 Å². The molecule has 142 valence electrons. The van der Waals surface area contributed by atoms with E-state index in [0.717, 1.165) is 5.56 Å². The Hall–Kier alpha value is -2.34. The largest absolute Gasteiger partial charge is 0.460 e. The first-order valence-electron chi connectivity index (χ1n) is 8.73. The molecule has 1 aliphatic rings. The smallest absolute Gasteiger partial charge is 0.408 e. The highest BCUT2D eigenvalue weighted by atomic mass is 16.6. The van der Waals surface area contributed by atoms with Gasteiger partial charge in [0.2, 0.25) is 0 Å². The summed E-state index contributed by atoms with van der Waals surface area (Å²) in [5.74, 6) is -0.400. The first kappa shape index (κ1) is 20.0. The molecule has 3 atom stereocenters. The Morgan fingerprint density at radius 1 is 1.19 bits per heavy atom. The maximum Gasteiger partial charge on any atom is 0.408 e. The summed E-state index contributed by atoms with van der Waals surface area (Å²) in [6.45, 7) is 7.11. The summed E-state index contributed by atoms with van der Waals surface area (Å²) >= 11 is 0. The van der Waals surface area contributed by atoms with Crippen molar-refractivity contribution < 1.29 is 23.8 Å². The second kappa shape index (κ2) is 8.85. The van der Waals surface area contributed by atoms with Crippen molar-refractivity contribution >= 4 is 12.1 Å². The van der Waals surface area contributed by atoms with Crippen molar-refractivity contribution in [2.24, 2.45) is 0 Å². The van der Waals surface area contributed by atoms with Crippen LogP contribution in [0.5, 0.6) is 0 Å². The molecule has 1 aromatic rings.